The van der Waals surface area contributed by atoms with Crippen molar-refractivity contribution < 1.29 is 9.59 Å². The van der Waals surface area contributed by atoms with Crippen molar-refractivity contribution in [1.82, 2.24) is 15.1 Å². The van der Waals surface area contributed by atoms with Gasteiger partial charge in [0.2, 0.25) is 11.8 Å². The average molecular weight is 364 g/mol. The van der Waals surface area contributed by atoms with E-state index in [-0.39, 0.29) is 30.3 Å². The third-order valence-corrected chi connectivity index (χ3v) is 5.49. The lowest BCUT2D eigenvalue weighted by Crippen LogP contribution is -2.57. The fourth-order valence-corrected chi connectivity index (χ4v) is 4.12. The van der Waals surface area contributed by atoms with Crippen molar-refractivity contribution in [2.24, 2.45) is 0 Å². The average Bonchev–Trinajstić information content (AvgIpc) is 2.55. The fraction of sp³-hybridized carbons (Fsp3) is 0.875. The van der Waals surface area contributed by atoms with E-state index < -0.39 is 0 Å². The molecule has 0 aromatic rings. The molecule has 2 aliphatic rings. The minimum atomic E-state index is 0. The molecule has 2 saturated heterocycles. The topological polar surface area (TPSA) is 52.7 Å². The van der Waals surface area contributed by atoms with Crippen LogP contribution in [-0.2, 0) is 9.59 Å². The smallest absolute Gasteiger partial charge is 0.236 e. The van der Waals surface area contributed by atoms with E-state index in [0.717, 1.165) is 50.5 Å². The van der Waals surface area contributed by atoms with Crippen LogP contribution < -0.4 is 5.32 Å². The quantitative estimate of drug-likeness (QED) is 0.700. The lowest BCUT2D eigenvalue weighted by molar-refractivity contribution is -0.140. The van der Waals surface area contributed by atoms with E-state index in [1.165, 1.54) is 12.8 Å². The van der Waals surface area contributed by atoms with Crippen molar-refractivity contribution in [3.63, 3.8) is 0 Å². The minimum Gasteiger partial charge on any atom is -0.341 e. The summed E-state index contributed by atoms with van der Waals surface area (Å²) in [7, 11) is 0. The number of hydrogen-bond donors (Lipinski definition) is 1. The third-order valence-electron chi connectivity index (χ3n) is 4.42. The van der Waals surface area contributed by atoms with Gasteiger partial charge in [0.05, 0.1) is 6.54 Å². The summed E-state index contributed by atoms with van der Waals surface area (Å²) in [6.07, 6.45) is 5.12. The minimum absolute atomic E-state index is 0. The number of nitrogens with zero attached hydrogens (tertiary/aromatic N) is 2. The Balaban J connectivity index is 0.00000264. The number of carbonyl (C=O) groups is 2. The number of piperazine rings is 1. The Labute approximate surface area is 150 Å². The number of nitrogens with one attached hydrogen (secondary N) is 1. The van der Waals surface area contributed by atoms with Gasteiger partial charge in [-0.2, -0.15) is 11.8 Å². The van der Waals surface area contributed by atoms with Gasteiger partial charge in [0.25, 0.3) is 0 Å². The summed E-state index contributed by atoms with van der Waals surface area (Å²) < 4.78 is 0. The number of likely N-dealkylation sites (tertiary alicyclic amines) is 1. The number of thioether (sulfide) groups is 1. The predicted molar refractivity (Wildman–Crippen MR) is 98.3 cm³/mol. The lowest BCUT2D eigenvalue weighted by Gasteiger charge is -2.41. The van der Waals surface area contributed by atoms with E-state index in [9.17, 15) is 9.59 Å². The molecule has 0 aromatic carbocycles. The fourth-order valence-electron chi connectivity index (χ4n) is 3.11. The van der Waals surface area contributed by atoms with Gasteiger partial charge in [-0.05, 0) is 25.0 Å². The maximum atomic E-state index is 12.3. The largest absolute Gasteiger partial charge is 0.341 e. The molecule has 2 aliphatic heterocycles. The van der Waals surface area contributed by atoms with E-state index in [2.05, 4.69) is 12.2 Å². The van der Waals surface area contributed by atoms with E-state index in [1.54, 1.807) is 0 Å². The van der Waals surface area contributed by atoms with Crippen LogP contribution in [0.5, 0.6) is 0 Å². The number of hydrogen-bond acceptors (Lipinski definition) is 4. The van der Waals surface area contributed by atoms with Crippen molar-refractivity contribution in [3.05, 3.63) is 0 Å². The first kappa shape index (κ1) is 20.6. The van der Waals surface area contributed by atoms with Crippen LogP contribution in [0.1, 0.15) is 39.0 Å². The van der Waals surface area contributed by atoms with Crippen LogP contribution in [-0.4, -0.2) is 71.9 Å². The molecule has 2 heterocycles. The number of amides is 2. The molecule has 0 aliphatic carbocycles. The number of halogens is 1. The molecule has 1 atom stereocenters. The molecule has 2 fully saturated rings. The van der Waals surface area contributed by atoms with Crippen molar-refractivity contribution in [2.75, 3.05) is 44.2 Å². The molecule has 23 heavy (non-hydrogen) atoms. The first-order valence-corrected chi connectivity index (χ1v) is 9.73. The number of rotatable bonds is 7. The normalized spacial score (nSPS) is 22.0. The van der Waals surface area contributed by atoms with Crippen LogP contribution in [0.2, 0.25) is 0 Å². The predicted octanol–water partition coefficient (Wildman–Crippen LogP) is 1.75. The highest BCUT2D eigenvalue weighted by molar-refractivity contribution is 7.99. The Kier molecular flexibility index (Phi) is 9.99. The number of unbranched alkanes of at least 4 members (excludes halogenated alkanes) is 1. The van der Waals surface area contributed by atoms with Crippen molar-refractivity contribution in [1.29, 1.82) is 0 Å². The van der Waals surface area contributed by atoms with E-state index >= 15 is 0 Å². The molecule has 1 unspecified atom stereocenters. The molecule has 7 heteroatoms. The summed E-state index contributed by atoms with van der Waals surface area (Å²) in [5.74, 6) is 2.52. The third kappa shape index (κ3) is 6.51. The molecule has 0 radical (unpaired) electrons. The standard InChI is InChI=1S/C16H29N3O2S.ClH/c1-2-3-10-22-11-6-15(20)18-8-4-5-14(13-18)19-9-7-17-12-16(19)21;/h14,17H,2-13H2,1H3;1H. The lowest BCUT2D eigenvalue weighted by atomic mass is 10.0. The Bertz CT molecular complexity index is 384. The van der Waals surface area contributed by atoms with Crippen LogP contribution >= 0.6 is 24.2 Å². The SMILES string of the molecule is CCCCSCCC(=O)N1CCCC(N2CCNCC2=O)C1.Cl. The molecular weight excluding hydrogens is 334 g/mol. The van der Waals surface area contributed by atoms with Crippen molar-refractivity contribution in [3.8, 4) is 0 Å². The van der Waals surface area contributed by atoms with Crippen LogP contribution in [0.4, 0.5) is 0 Å². The molecule has 2 amide bonds. The maximum absolute atomic E-state index is 12.3. The second kappa shape index (κ2) is 11.2. The van der Waals surface area contributed by atoms with Crippen LogP contribution in [0.25, 0.3) is 0 Å². The second-order valence-corrected chi connectivity index (χ2v) is 7.34. The Morgan fingerprint density at radius 3 is 2.91 bits per heavy atom. The molecular formula is C16H30ClN3O2S. The molecule has 2 rings (SSSR count). The zero-order chi connectivity index (χ0) is 15.8. The van der Waals surface area contributed by atoms with Gasteiger partial charge in [-0.15, -0.1) is 12.4 Å². The monoisotopic (exact) mass is 363 g/mol. The zero-order valence-corrected chi connectivity index (χ0v) is 15.7. The molecule has 5 nitrogen and oxygen atoms in total. The summed E-state index contributed by atoms with van der Waals surface area (Å²) in [5, 5.41) is 3.11. The summed E-state index contributed by atoms with van der Waals surface area (Å²) in [6, 6.07) is 0.222. The van der Waals surface area contributed by atoms with Gasteiger partial charge < -0.3 is 15.1 Å². The van der Waals surface area contributed by atoms with E-state index in [0.29, 0.717) is 13.0 Å². The first-order valence-electron chi connectivity index (χ1n) is 8.58. The van der Waals surface area contributed by atoms with Crippen molar-refractivity contribution >= 4 is 36.0 Å². The van der Waals surface area contributed by atoms with Crippen LogP contribution in [0, 0.1) is 0 Å². The van der Waals surface area contributed by atoms with Gasteiger partial charge in [-0.3, -0.25) is 9.59 Å². The first-order chi connectivity index (χ1) is 10.7. The van der Waals surface area contributed by atoms with E-state index in [4.69, 9.17) is 0 Å². The van der Waals surface area contributed by atoms with Gasteiger partial charge in [0.1, 0.15) is 0 Å². The second-order valence-electron chi connectivity index (χ2n) is 6.12. The molecule has 0 bridgehead atoms. The molecule has 134 valence electrons. The summed E-state index contributed by atoms with van der Waals surface area (Å²) in [6.45, 7) is 5.86. The highest BCUT2D eigenvalue weighted by atomic mass is 35.5. The van der Waals surface area contributed by atoms with E-state index in [1.807, 2.05) is 21.6 Å². The van der Waals surface area contributed by atoms with Crippen LogP contribution in [0.15, 0.2) is 0 Å². The maximum Gasteiger partial charge on any atom is 0.236 e. The van der Waals surface area contributed by atoms with Crippen LogP contribution in [0.3, 0.4) is 0 Å². The Morgan fingerprint density at radius 2 is 2.17 bits per heavy atom. The highest BCUT2D eigenvalue weighted by Crippen LogP contribution is 2.18. The highest BCUT2D eigenvalue weighted by Gasteiger charge is 2.31. The van der Waals surface area contributed by atoms with Crippen molar-refractivity contribution in [2.45, 2.75) is 45.1 Å². The Hall–Kier alpha value is -0.460. The van der Waals surface area contributed by atoms with Gasteiger partial charge >= 0.3 is 0 Å². The zero-order valence-electron chi connectivity index (χ0n) is 14.1. The van der Waals surface area contributed by atoms with Gasteiger partial charge in [0.15, 0.2) is 0 Å². The molecule has 1 N–H and O–H groups in total. The van der Waals surface area contributed by atoms with Gasteiger partial charge in [-0.1, -0.05) is 13.3 Å². The van der Waals surface area contributed by atoms with Gasteiger partial charge in [0, 0.05) is 44.4 Å². The van der Waals surface area contributed by atoms with Gasteiger partial charge in [-0.25, -0.2) is 0 Å². The Morgan fingerprint density at radius 1 is 1.35 bits per heavy atom. The summed E-state index contributed by atoms with van der Waals surface area (Å²) in [5.41, 5.74) is 0. The number of piperidine rings is 1. The summed E-state index contributed by atoms with van der Waals surface area (Å²) >= 11 is 1.88. The molecule has 0 aromatic heterocycles. The molecule has 0 saturated carbocycles. The number of carbonyl (C=O) groups excluding carboxylic acids is 2. The summed E-state index contributed by atoms with van der Waals surface area (Å²) in [4.78, 5) is 28.3. The molecule has 0 spiro atoms.